The molecule has 17 heavy (non-hydrogen) atoms. The second-order valence-electron chi connectivity index (χ2n) is 4.61. The summed E-state index contributed by atoms with van der Waals surface area (Å²) in [6.45, 7) is 1.73. The molecule has 3 nitrogen and oxygen atoms in total. The topological polar surface area (TPSA) is 41.1 Å². The van der Waals surface area contributed by atoms with Gasteiger partial charge in [-0.15, -0.1) is 0 Å². The third-order valence-corrected chi connectivity index (χ3v) is 3.26. The zero-order chi connectivity index (χ0) is 12.1. The minimum atomic E-state index is 0.201. The summed E-state index contributed by atoms with van der Waals surface area (Å²) in [5, 5.41) is 6.07. The van der Waals surface area contributed by atoms with E-state index in [4.69, 9.17) is 0 Å². The Morgan fingerprint density at radius 3 is 2.76 bits per heavy atom. The fourth-order valence-electron chi connectivity index (χ4n) is 2.16. The molecule has 0 aliphatic heterocycles. The smallest absolute Gasteiger partial charge is 0.223 e. The maximum Gasteiger partial charge on any atom is 0.223 e. The molecular weight excluding hydrogens is 212 g/mol. The summed E-state index contributed by atoms with van der Waals surface area (Å²) in [6.07, 6.45) is 1.99. The first kappa shape index (κ1) is 12.1. The molecule has 2 rings (SSSR count). The molecule has 0 bridgehead atoms. The van der Waals surface area contributed by atoms with E-state index < -0.39 is 0 Å². The van der Waals surface area contributed by atoms with Crippen LogP contribution in [0.3, 0.4) is 0 Å². The number of nitrogens with one attached hydrogen (secondary N) is 2. The molecule has 1 saturated carbocycles. The van der Waals surface area contributed by atoms with E-state index in [0.29, 0.717) is 5.92 Å². The first-order valence-corrected chi connectivity index (χ1v) is 6.30. The van der Waals surface area contributed by atoms with Gasteiger partial charge in [0.25, 0.3) is 0 Å². The number of carbonyl (C=O) groups is 1. The average Bonchev–Trinajstić information content (AvgIpc) is 3.16. The van der Waals surface area contributed by atoms with E-state index in [1.165, 1.54) is 5.56 Å². The van der Waals surface area contributed by atoms with Crippen LogP contribution < -0.4 is 10.6 Å². The van der Waals surface area contributed by atoms with E-state index in [0.717, 1.165) is 25.9 Å². The van der Waals surface area contributed by atoms with Crippen LogP contribution in [0.1, 0.15) is 24.3 Å². The van der Waals surface area contributed by atoms with Crippen molar-refractivity contribution in [3.8, 4) is 0 Å². The van der Waals surface area contributed by atoms with E-state index in [2.05, 4.69) is 22.8 Å². The lowest BCUT2D eigenvalue weighted by molar-refractivity contribution is -0.122. The fraction of sp³-hybridized carbons (Fsp3) is 0.500. The predicted octanol–water partition coefficient (Wildman–Crippen LogP) is 1.52. The van der Waals surface area contributed by atoms with Crippen molar-refractivity contribution in [3.05, 3.63) is 35.9 Å². The van der Waals surface area contributed by atoms with E-state index in [9.17, 15) is 4.79 Å². The Labute approximate surface area is 103 Å². The van der Waals surface area contributed by atoms with Gasteiger partial charge in [-0.05, 0) is 37.9 Å². The Bertz CT molecular complexity index is 364. The monoisotopic (exact) mass is 232 g/mol. The molecule has 3 heteroatoms. The minimum absolute atomic E-state index is 0.201. The highest BCUT2D eigenvalue weighted by molar-refractivity contribution is 5.82. The lowest BCUT2D eigenvalue weighted by Gasteiger charge is -2.04. The maximum absolute atomic E-state index is 11.8. The van der Waals surface area contributed by atoms with Crippen molar-refractivity contribution >= 4 is 5.91 Å². The first-order valence-electron chi connectivity index (χ1n) is 6.30. The number of hydrogen-bond donors (Lipinski definition) is 2. The Morgan fingerprint density at radius 1 is 1.29 bits per heavy atom. The van der Waals surface area contributed by atoms with E-state index >= 15 is 0 Å². The van der Waals surface area contributed by atoms with Gasteiger partial charge in [0.1, 0.15) is 0 Å². The van der Waals surface area contributed by atoms with Gasteiger partial charge in [0.05, 0.1) is 0 Å². The third-order valence-electron chi connectivity index (χ3n) is 3.26. The second kappa shape index (κ2) is 5.82. The van der Waals surface area contributed by atoms with Crippen molar-refractivity contribution in [2.45, 2.75) is 18.8 Å². The molecule has 1 fully saturated rings. The standard InChI is InChI=1S/C14H20N2O/c1-15-8-5-9-16-14(17)13-10-12(13)11-6-3-2-4-7-11/h2-4,6-7,12-13,15H,5,8-10H2,1H3,(H,16,17). The Hall–Kier alpha value is -1.35. The molecule has 0 spiro atoms. The number of hydrogen-bond acceptors (Lipinski definition) is 2. The van der Waals surface area contributed by atoms with Gasteiger partial charge in [0, 0.05) is 12.5 Å². The number of benzene rings is 1. The van der Waals surface area contributed by atoms with Crippen LogP contribution in [0.25, 0.3) is 0 Å². The van der Waals surface area contributed by atoms with Gasteiger partial charge < -0.3 is 10.6 Å². The van der Waals surface area contributed by atoms with Crippen molar-refractivity contribution < 1.29 is 4.79 Å². The second-order valence-corrected chi connectivity index (χ2v) is 4.61. The Kier molecular flexibility index (Phi) is 4.15. The van der Waals surface area contributed by atoms with Crippen LogP contribution in [-0.2, 0) is 4.79 Å². The largest absolute Gasteiger partial charge is 0.356 e. The molecular formula is C14H20N2O. The molecule has 2 N–H and O–H groups in total. The highest BCUT2D eigenvalue weighted by Crippen LogP contribution is 2.47. The van der Waals surface area contributed by atoms with Crippen molar-refractivity contribution in [1.29, 1.82) is 0 Å². The van der Waals surface area contributed by atoms with Gasteiger partial charge in [0.2, 0.25) is 5.91 Å². The quantitative estimate of drug-likeness (QED) is 0.730. The summed E-state index contributed by atoms with van der Waals surface area (Å²) in [7, 11) is 1.92. The highest BCUT2D eigenvalue weighted by atomic mass is 16.2. The fourth-order valence-corrected chi connectivity index (χ4v) is 2.16. The molecule has 0 radical (unpaired) electrons. The summed E-state index contributed by atoms with van der Waals surface area (Å²) in [6, 6.07) is 10.3. The summed E-state index contributed by atoms with van der Waals surface area (Å²) in [4.78, 5) is 11.8. The van der Waals surface area contributed by atoms with E-state index in [1.807, 2.05) is 25.2 Å². The van der Waals surface area contributed by atoms with E-state index in [1.54, 1.807) is 0 Å². The Balaban J connectivity index is 1.73. The maximum atomic E-state index is 11.8. The normalized spacial score (nSPS) is 22.2. The molecule has 92 valence electrons. The van der Waals surface area contributed by atoms with Crippen molar-refractivity contribution in [1.82, 2.24) is 10.6 Å². The summed E-state index contributed by atoms with van der Waals surface area (Å²) in [5.41, 5.74) is 1.29. The molecule has 2 unspecified atom stereocenters. The summed E-state index contributed by atoms with van der Waals surface area (Å²) in [5.74, 6) is 0.863. The summed E-state index contributed by atoms with van der Waals surface area (Å²) < 4.78 is 0. The van der Waals surface area contributed by atoms with Crippen LogP contribution in [0.15, 0.2) is 30.3 Å². The minimum Gasteiger partial charge on any atom is -0.356 e. The van der Waals surface area contributed by atoms with Crippen molar-refractivity contribution in [3.63, 3.8) is 0 Å². The Morgan fingerprint density at radius 2 is 2.06 bits per heavy atom. The molecule has 1 aromatic rings. The molecule has 0 heterocycles. The van der Waals surface area contributed by atoms with Gasteiger partial charge in [-0.2, -0.15) is 0 Å². The zero-order valence-electron chi connectivity index (χ0n) is 10.3. The third kappa shape index (κ3) is 3.30. The number of amides is 1. The number of carbonyl (C=O) groups excluding carboxylic acids is 1. The lowest BCUT2D eigenvalue weighted by Crippen LogP contribution is -2.28. The van der Waals surface area contributed by atoms with Gasteiger partial charge in [0.15, 0.2) is 0 Å². The van der Waals surface area contributed by atoms with Crippen LogP contribution >= 0.6 is 0 Å². The van der Waals surface area contributed by atoms with Gasteiger partial charge in [-0.25, -0.2) is 0 Å². The van der Waals surface area contributed by atoms with Gasteiger partial charge in [-0.1, -0.05) is 30.3 Å². The summed E-state index contributed by atoms with van der Waals surface area (Å²) >= 11 is 0. The van der Waals surface area contributed by atoms with E-state index in [-0.39, 0.29) is 11.8 Å². The molecule has 1 amide bonds. The molecule has 1 aromatic carbocycles. The van der Waals surface area contributed by atoms with Gasteiger partial charge in [-0.3, -0.25) is 4.79 Å². The van der Waals surface area contributed by atoms with Crippen LogP contribution in [-0.4, -0.2) is 26.0 Å². The zero-order valence-corrected chi connectivity index (χ0v) is 10.3. The first-order chi connectivity index (χ1) is 8.33. The van der Waals surface area contributed by atoms with Crippen LogP contribution in [0, 0.1) is 5.92 Å². The molecule has 1 aliphatic carbocycles. The van der Waals surface area contributed by atoms with Gasteiger partial charge >= 0.3 is 0 Å². The average molecular weight is 232 g/mol. The lowest BCUT2D eigenvalue weighted by atomic mass is 10.1. The molecule has 1 aliphatic rings. The number of rotatable bonds is 6. The predicted molar refractivity (Wildman–Crippen MR) is 68.8 cm³/mol. The molecule has 2 atom stereocenters. The molecule has 0 aromatic heterocycles. The van der Waals surface area contributed by atoms with Crippen LogP contribution in [0.2, 0.25) is 0 Å². The van der Waals surface area contributed by atoms with Crippen molar-refractivity contribution in [2.24, 2.45) is 5.92 Å². The van der Waals surface area contributed by atoms with Crippen LogP contribution in [0.4, 0.5) is 0 Å². The SMILES string of the molecule is CNCCCNC(=O)C1CC1c1ccccc1. The molecule has 0 saturated heterocycles. The van der Waals surface area contributed by atoms with Crippen LogP contribution in [0.5, 0.6) is 0 Å². The highest BCUT2D eigenvalue weighted by Gasteiger charge is 2.43. The van der Waals surface area contributed by atoms with Crippen molar-refractivity contribution in [2.75, 3.05) is 20.1 Å².